The molecule has 0 unspecified atom stereocenters. The third-order valence-electron chi connectivity index (χ3n) is 3.63. The molecule has 0 aliphatic rings. The van der Waals surface area contributed by atoms with Crippen LogP contribution >= 0.6 is 0 Å². The largest absolute Gasteiger partial charge is 0.492 e. The third-order valence-corrected chi connectivity index (χ3v) is 3.63. The van der Waals surface area contributed by atoms with Gasteiger partial charge in [0, 0.05) is 24.2 Å². The van der Waals surface area contributed by atoms with Gasteiger partial charge in [0.1, 0.15) is 6.33 Å². The highest BCUT2D eigenvalue weighted by molar-refractivity contribution is 5.95. The third kappa shape index (κ3) is 2.28. The fourth-order valence-corrected chi connectivity index (χ4v) is 2.53. The van der Waals surface area contributed by atoms with Crippen molar-refractivity contribution in [3.8, 4) is 28.3 Å². The first kappa shape index (κ1) is 13.3. The minimum Gasteiger partial charge on any atom is -0.492 e. The van der Waals surface area contributed by atoms with E-state index < -0.39 is 0 Å². The van der Waals surface area contributed by atoms with E-state index in [1.807, 2.05) is 37.6 Å². The number of hydrogen-bond acceptors (Lipinski definition) is 6. The zero-order valence-corrected chi connectivity index (χ0v) is 12.2. The van der Waals surface area contributed by atoms with Gasteiger partial charge in [-0.25, -0.2) is 9.97 Å². The second-order valence-electron chi connectivity index (χ2n) is 5.13. The molecule has 0 atom stereocenters. The van der Waals surface area contributed by atoms with E-state index in [0.29, 0.717) is 11.3 Å². The van der Waals surface area contributed by atoms with Crippen LogP contribution in [-0.2, 0) is 7.05 Å². The summed E-state index contributed by atoms with van der Waals surface area (Å²) in [5, 5.41) is 22.3. The van der Waals surface area contributed by atoms with Crippen molar-refractivity contribution in [3.05, 3.63) is 49.2 Å². The molecule has 7 heteroatoms. The van der Waals surface area contributed by atoms with Crippen LogP contribution in [0.25, 0.3) is 33.3 Å². The maximum absolute atomic E-state index is 9.91. The average molecular weight is 304 g/mol. The molecule has 1 aromatic carbocycles. The molecule has 0 spiro atoms. The molecule has 7 nitrogen and oxygen atoms in total. The van der Waals surface area contributed by atoms with Gasteiger partial charge in [0.2, 0.25) is 5.88 Å². The van der Waals surface area contributed by atoms with Gasteiger partial charge in [-0.1, -0.05) is 6.07 Å². The summed E-state index contributed by atoms with van der Waals surface area (Å²) < 4.78 is 1.76. The molecular formula is C16H12N6O. The molecule has 3 heterocycles. The Hall–Kier alpha value is -3.35. The molecule has 23 heavy (non-hydrogen) atoms. The van der Waals surface area contributed by atoms with Gasteiger partial charge in [-0.2, -0.15) is 10.2 Å². The first-order valence-corrected chi connectivity index (χ1v) is 6.97. The molecule has 0 radical (unpaired) electrons. The van der Waals surface area contributed by atoms with Gasteiger partial charge in [-0.05, 0) is 23.8 Å². The predicted molar refractivity (Wildman–Crippen MR) is 84.4 cm³/mol. The van der Waals surface area contributed by atoms with Crippen LogP contribution in [0.4, 0.5) is 0 Å². The van der Waals surface area contributed by atoms with Crippen LogP contribution < -0.4 is 0 Å². The van der Waals surface area contributed by atoms with E-state index in [1.165, 1.54) is 12.5 Å². The topological polar surface area (TPSA) is 89.6 Å². The summed E-state index contributed by atoms with van der Waals surface area (Å²) in [6, 6.07) is 7.58. The van der Waals surface area contributed by atoms with E-state index in [0.717, 1.165) is 22.0 Å². The number of rotatable bonds is 2. The van der Waals surface area contributed by atoms with Crippen molar-refractivity contribution >= 4 is 10.9 Å². The van der Waals surface area contributed by atoms with Crippen LogP contribution in [0.3, 0.4) is 0 Å². The van der Waals surface area contributed by atoms with E-state index in [-0.39, 0.29) is 5.88 Å². The van der Waals surface area contributed by atoms with Crippen molar-refractivity contribution in [2.75, 3.05) is 0 Å². The van der Waals surface area contributed by atoms with Crippen LogP contribution in [0.1, 0.15) is 0 Å². The van der Waals surface area contributed by atoms with Crippen LogP contribution in [0.5, 0.6) is 5.88 Å². The summed E-state index contributed by atoms with van der Waals surface area (Å²) in [7, 11) is 1.88. The van der Waals surface area contributed by atoms with Crippen LogP contribution in [-0.4, -0.2) is 35.1 Å². The monoisotopic (exact) mass is 304 g/mol. The number of fused-ring (bicyclic) bond motifs is 1. The summed E-state index contributed by atoms with van der Waals surface area (Å²) in [4.78, 5) is 8.62. The van der Waals surface area contributed by atoms with Gasteiger partial charge in [-0.15, -0.1) is 5.10 Å². The van der Waals surface area contributed by atoms with E-state index >= 15 is 0 Å². The number of aromatic nitrogens is 6. The number of aryl methyl sites for hydroxylation is 1. The van der Waals surface area contributed by atoms with Crippen molar-refractivity contribution in [1.82, 2.24) is 29.9 Å². The fourth-order valence-electron chi connectivity index (χ4n) is 2.53. The summed E-state index contributed by atoms with van der Waals surface area (Å²) in [5.41, 5.74) is 3.98. The van der Waals surface area contributed by atoms with Crippen molar-refractivity contribution < 1.29 is 5.11 Å². The zero-order chi connectivity index (χ0) is 15.8. The Balaban J connectivity index is 1.91. The van der Waals surface area contributed by atoms with Gasteiger partial charge in [0.25, 0.3) is 0 Å². The highest BCUT2D eigenvalue weighted by Gasteiger charge is 2.12. The number of hydrogen-bond donors (Lipinski definition) is 1. The van der Waals surface area contributed by atoms with E-state index in [1.54, 1.807) is 10.7 Å². The first-order valence-electron chi connectivity index (χ1n) is 6.97. The van der Waals surface area contributed by atoms with Gasteiger partial charge in [0.05, 0.1) is 29.2 Å². The lowest BCUT2D eigenvalue weighted by molar-refractivity contribution is 0.447. The molecule has 1 N–H and O–H groups in total. The summed E-state index contributed by atoms with van der Waals surface area (Å²) >= 11 is 0. The zero-order valence-electron chi connectivity index (χ0n) is 12.2. The minimum absolute atomic E-state index is 0.149. The van der Waals surface area contributed by atoms with Crippen molar-refractivity contribution in [2.24, 2.45) is 7.05 Å². The fraction of sp³-hybridized carbons (Fsp3) is 0.0625. The van der Waals surface area contributed by atoms with Gasteiger partial charge in [-0.3, -0.25) is 4.68 Å². The molecule has 0 aliphatic carbocycles. The summed E-state index contributed by atoms with van der Waals surface area (Å²) in [6.45, 7) is 0. The number of benzene rings is 1. The van der Waals surface area contributed by atoms with Crippen LogP contribution in [0, 0.1) is 0 Å². The second kappa shape index (κ2) is 5.13. The Morgan fingerprint density at radius 2 is 2.00 bits per heavy atom. The predicted octanol–water partition coefficient (Wildman–Crippen LogP) is 2.19. The lowest BCUT2D eigenvalue weighted by atomic mass is 10.0. The van der Waals surface area contributed by atoms with Gasteiger partial charge < -0.3 is 5.11 Å². The molecule has 0 aliphatic heterocycles. The lowest BCUT2D eigenvalue weighted by Gasteiger charge is -2.07. The molecule has 0 fully saturated rings. The van der Waals surface area contributed by atoms with Gasteiger partial charge >= 0.3 is 0 Å². The normalized spacial score (nSPS) is 11.0. The number of nitrogens with zero attached hydrogens (tertiary/aromatic N) is 6. The minimum atomic E-state index is -0.149. The molecule has 0 saturated heterocycles. The molecule has 4 aromatic rings. The maximum atomic E-state index is 9.91. The van der Waals surface area contributed by atoms with E-state index in [4.69, 9.17) is 0 Å². The Morgan fingerprint density at radius 1 is 1.09 bits per heavy atom. The molecule has 0 saturated carbocycles. The quantitative estimate of drug-likeness (QED) is 0.610. The van der Waals surface area contributed by atoms with Crippen molar-refractivity contribution in [3.63, 3.8) is 0 Å². The molecule has 4 rings (SSSR count). The molecular weight excluding hydrogens is 292 g/mol. The molecule has 0 bridgehead atoms. The Bertz CT molecular complexity index is 1010. The van der Waals surface area contributed by atoms with Crippen LogP contribution in [0.15, 0.2) is 49.2 Å². The molecule has 0 amide bonds. The Labute approximate surface area is 131 Å². The summed E-state index contributed by atoms with van der Waals surface area (Å²) in [5.74, 6) is -0.149. The SMILES string of the molecule is Cn1cc(-c2ccc3c(-c4ccnnc4O)ncnc3c2)cn1. The smallest absolute Gasteiger partial charge is 0.240 e. The Kier molecular flexibility index (Phi) is 2.97. The number of aromatic hydroxyl groups is 1. The van der Waals surface area contributed by atoms with E-state index in [2.05, 4.69) is 25.3 Å². The van der Waals surface area contributed by atoms with Crippen molar-refractivity contribution in [1.29, 1.82) is 0 Å². The standard InChI is InChI=1S/C16H12N6O/c1-22-8-11(7-20-22)10-2-3-12-14(6-10)17-9-18-15(12)13-4-5-19-21-16(13)23/h2-9H,1H3,(H,21,23). The Morgan fingerprint density at radius 3 is 2.78 bits per heavy atom. The first-order chi connectivity index (χ1) is 11.2. The van der Waals surface area contributed by atoms with Crippen molar-refractivity contribution in [2.45, 2.75) is 0 Å². The maximum Gasteiger partial charge on any atom is 0.240 e. The highest BCUT2D eigenvalue weighted by Crippen LogP contribution is 2.31. The van der Waals surface area contributed by atoms with Gasteiger partial charge in [0.15, 0.2) is 0 Å². The highest BCUT2D eigenvalue weighted by atomic mass is 16.3. The molecule has 112 valence electrons. The lowest BCUT2D eigenvalue weighted by Crippen LogP contribution is -1.92. The van der Waals surface area contributed by atoms with Crippen LogP contribution in [0.2, 0.25) is 0 Å². The molecule has 3 aromatic heterocycles. The second-order valence-corrected chi connectivity index (χ2v) is 5.13. The van der Waals surface area contributed by atoms with E-state index in [9.17, 15) is 5.11 Å². The summed E-state index contributed by atoms with van der Waals surface area (Å²) in [6.07, 6.45) is 6.75. The average Bonchev–Trinajstić information content (AvgIpc) is 3.01.